The van der Waals surface area contributed by atoms with Gasteiger partial charge < -0.3 is 4.42 Å². The summed E-state index contributed by atoms with van der Waals surface area (Å²) in [6, 6.07) is 16.6. The van der Waals surface area contributed by atoms with Crippen molar-refractivity contribution in [3.05, 3.63) is 85.7 Å². The molecule has 1 N–H and O–H groups in total. The van der Waals surface area contributed by atoms with E-state index in [0.717, 1.165) is 3.57 Å². The molecule has 0 atom stereocenters. The van der Waals surface area contributed by atoms with E-state index in [9.17, 15) is 14.9 Å². The third kappa shape index (κ3) is 4.14. The molecule has 0 saturated heterocycles. The van der Waals surface area contributed by atoms with Gasteiger partial charge in [0, 0.05) is 15.2 Å². The standard InChI is InChI=1S/C18H12IN3O4/c19-13-7-5-12(6-8-13)18(23)21-20-11-14-9-10-17(26-14)15-3-1-2-4-16(15)22(24)25/h1-11H,(H,21,23)/b20-11+. The third-order valence-corrected chi connectivity index (χ3v) is 4.18. The van der Waals surface area contributed by atoms with Gasteiger partial charge in [-0.05, 0) is 65.1 Å². The van der Waals surface area contributed by atoms with Crippen molar-refractivity contribution in [2.45, 2.75) is 0 Å². The van der Waals surface area contributed by atoms with Crippen LogP contribution in [-0.2, 0) is 0 Å². The average Bonchev–Trinajstić information content (AvgIpc) is 3.11. The fourth-order valence-corrected chi connectivity index (χ4v) is 2.59. The Morgan fingerprint density at radius 2 is 1.85 bits per heavy atom. The summed E-state index contributed by atoms with van der Waals surface area (Å²) in [5, 5.41) is 14.9. The summed E-state index contributed by atoms with van der Waals surface area (Å²) in [5.41, 5.74) is 3.22. The minimum absolute atomic E-state index is 0.0441. The molecule has 7 nitrogen and oxygen atoms in total. The predicted octanol–water partition coefficient (Wildman–Crippen LogP) is 4.22. The maximum Gasteiger partial charge on any atom is 0.280 e. The van der Waals surface area contributed by atoms with E-state index in [4.69, 9.17) is 4.42 Å². The SMILES string of the molecule is O=C(N/N=C/c1ccc(-c2ccccc2[N+](=O)[O-])o1)c1ccc(I)cc1. The molecular formula is C18H12IN3O4. The molecule has 130 valence electrons. The molecule has 0 fully saturated rings. The van der Waals surface area contributed by atoms with Crippen LogP contribution in [0.1, 0.15) is 16.1 Å². The van der Waals surface area contributed by atoms with Gasteiger partial charge in [-0.3, -0.25) is 14.9 Å². The minimum atomic E-state index is -0.465. The van der Waals surface area contributed by atoms with Crippen molar-refractivity contribution in [2.75, 3.05) is 0 Å². The van der Waals surface area contributed by atoms with E-state index >= 15 is 0 Å². The topological polar surface area (TPSA) is 97.7 Å². The van der Waals surface area contributed by atoms with Gasteiger partial charge in [-0.25, -0.2) is 5.43 Å². The van der Waals surface area contributed by atoms with Crippen LogP contribution < -0.4 is 5.43 Å². The Hall–Kier alpha value is -3.01. The van der Waals surface area contributed by atoms with Gasteiger partial charge in [0.1, 0.15) is 11.5 Å². The second kappa shape index (κ2) is 7.91. The second-order valence-corrected chi connectivity index (χ2v) is 6.43. The molecular weight excluding hydrogens is 449 g/mol. The summed E-state index contributed by atoms with van der Waals surface area (Å²) < 4.78 is 6.59. The molecule has 0 radical (unpaired) electrons. The van der Waals surface area contributed by atoms with E-state index in [1.807, 2.05) is 12.1 Å². The lowest BCUT2D eigenvalue weighted by Crippen LogP contribution is -2.17. The van der Waals surface area contributed by atoms with Crippen molar-refractivity contribution in [3.63, 3.8) is 0 Å². The summed E-state index contributed by atoms with van der Waals surface area (Å²) in [6.07, 6.45) is 1.34. The van der Waals surface area contributed by atoms with Crippen molar-refractivity contribution in [1.29, 1.82) is 0 Å². The molecule has 0 spiro atoms. The number of hydrogen-bond acceptors (Lipinski definition) is 5. The molecule has 0 saturated carbocycles. The Labute approximate surface area is 162 Å². The highest BCUT2D eigenvalue weighted by molar-refractivity contribution is 14.1. The first-order chi connectivity index (χ1) is 12.5. The molecule has 0 aliphatic carbocycles. The maximum atomic E-state index is 12.0. The molecule has 1 aromatic heterocycles. The Bertz CT molecular complexity index is 980. The molecule has 3 aromatic rings. The number of nitro groups is 1. The normalized spacial score (nSPS) is 10.8. The van der Waals surface area contributed by atoms with Gasteiger partial charge in [0.25, 0.3) is 11.6 Å². The largest absolute Gasteiger partial charge is 0.455 e. The molecule has 0 unspecified atom stereocenters. The molecule has 0 aliphatic heterocycles. The molecule has 0 aliphatic rings. The van der Waals surface area contributed by atoms with Crippen LogP contribution in [-0.4, -0.2) is 17.0 Å². The fourth-order valence-electron chi connectivity index (χ4n) is 2.23. The van der Waals surface area contributed by atoms with Gasteiger partial charge in [0.05, 0.1) is 16.7 Å². The van der Waals surface area contributed by atoms with E-state index in [1.165, 1.54) is 12.3 Å². The molecule has 1 amide bonds. The van der Waals surface area contributed by atoms with Crippen molar-refractivity contribution >= 4 is 40.4 Å². The summed E-state index contributed by atoms with van der Waals surface area (Å²) in [5.74, 6) is 0.367. The summed E-state index contributed by atoms with van der Waals surface area (Å²) in [4.78, 5) is 22.6. The highest BCUT2D eigenvalue weighted by Gasteiger charge is 2.16. The quantitative estimate of drug-likeness (QED) is 0.266. The molecule has 26 heavy (non-hydrogen) atoms. The number of amides is 1. The van der Waals surface area contributed by atoms with Crippen LogP contribution >= 0.6 is 22.6 Å². The Balaban J connectivity index is 1.71. The molecule has 1 heterocycles. The van der Waals surface area contributed by atoms with Crippen LogP contribution in [0.2, 0.25) is 0 Å². The second-order valence-electron chi connectivity index (χ2n) is 5.18. The number of hydrogen-bond donors (Lipinski definition) is 1. The number of nitro benzene ring substituents is 1. The van der Waals surface area contributed by atoms with E-state index in [1.54, 1.807) is 42.5 Å². The van der Waals surface area contributed by atoms with Gasteiger partial charge in [-0.15, -0.1) is 0 Å². The number of rotatable bonds is 5. The first-order valence-electron chi connectivity index (χ1n) is 7.47. The zero-order valence-corrected chi connectivity index (χ0v) is 15.4. The third-order valence-electron chi connectivity index (χ3n) is 3.46. The van der Waals surface area contributed by atoms with Crippen molar-refractivity contribution < 1.29 is 14.1 Å². The molecule has 2 aromatic carbocycles. The molecule has 8 heteroatoms. The fraction of sp³-hybridized carbons (Fsp3) is 0. The van der Waals surface area contributed by atoms with E-state index in [2.05, 4.69) is 33.1 Å². The van der Waals surface area contributed by atoms with Crippen LogP contribution in [0.4, 0.5) is 5.69 Å². The Morgan fingerprint density at radius 1 is 1.12 bits per heavy atom. The maximum absolute atomic E-state index is 12.0. The minimum Gasteiger partial charge on any atom is -0.455 e. The van der Waals surface area contributed by atoms with E-state index < -0.39 is 4.92 Å². The van der Waals surface area contributed by atoms with Crippen LogP contribution in [0.3, 0.4) is 0 Å². The summed E-state index contributed by atoms with van der Waals surface area (Å²) >= 11 is 2.15. The lowest BCUT2D eigenvalue weighted by Gasteiger charge is -1.99. The highest BCUT2D eigenvalue weighted by Crippen LogP contribution is 2.30. The van der Waals surface area contributed by atoms with Gasteiger partial charge in [0.2, 0.25) is 0 Å². The average molecular weight is 461 g/mol. The zero-order chi connectivity index (χ0) is 18.5. The number of benzene rings is 2. The first kappa shape index (κ1) is 17.8. The lowest BCUT2D eigenvalue weighted by molar-refractivity contribution is -0.384. The van der Waals surface area contributed by atoms with Gasteiger partial charge >= 0.3 is 0 Å². The predicted molar refractivity (Wildman–Crippen MR) is 105 cm³/mol. The number of carbonyl (C=O) groups is 1. The number of nitrogens with zero attached hydrogens (tertiary/aromatic N) is 2. The van der Waals surface area contributed by atoms with Crippen LogP contribution in [0, 0.1) is 13.7 Å². The monoisotopic (exact) mass is 461 g/mol. The summed E-state index contributed by atoms with van der Waals surface area (Å²) in [7, 11) is 0. The zero-order valence-electron chi connectivity index (χ0n) is 13.3. The van der Waals surface area contributed by atoms with Gasteiger partial charge in [0.15, 0.2) is 0 Å². The van der Waals surface area contributed by atoms with Gasteiger partial charge in [-0.2, -0.15) is 5.10 Å². The van der Waals surface area contributed by atoms with Gasteiger partial charge in [-0.1, -0.05) is 12.1 Å². The number of nitrogens with one attached hydrogen (secondary N) is 1. The smallest absolute Gasteiger partial charge is 0.280 e. The molecule has 3 rings (SSSR count). The number of furan rings is 1. The summed E-state index contributed by atoms with van der Waals surface area (Å²) in [6.45, 7) is 0. The lowest BCUT2D eigenvalue weighted by atomic mass is 10.1. The van der Waals surface area contributed by atoms with E-state index in [0.29, 0.717) is 22.6 Å². The Morgan fingerprint density at radius 3 is 2.58 bits per heavy atom. The van der Waals surface area contributed by atoms with Crippen molar-refractivity contribution in [3.8, 4) is 11.3 Å². The van der Waals surface area contributed by atoms with Crippen LogP contribution in [0.25, 0.3) is 11.3 Å². The van der Waals surface area contributed by atoms with E-state index in [-0.39, 0.29) is 11.6 Å². The number of carbonyl (C=O) groups excluding carboxylic acids is 1. The molecule has 0 bridgehead atoms. The number of para-hydroxylation sites is 1. The Kier molecular flexibility index (Phi) is 5.42. The number of halogens is 1. The van der Waals surface area contributed by atoms with Crippen LogP contribution in [0.5, 0.6) is 0 Å². The number of hydrazone groups is 1. The van der Waals surface area contributed by atoms with Crippen molar-refractivity contribution in [1.82, 2.24) is 5.43 Å². The van der Waals surface area contributed by atoms with Crippen molar-refractivity contribution in [2.24, 2.45) is 5.10 Å². The van der Waals surface area contributed by atoms with Crippen LogP contribution in [0.15, 0.2) is 70.2 Å². The first-order valence-corrected chi connectivity index (χ1v) is 8.55. The highest BCUT2D eigenvalue weighted by atomic mass is 127.